The van der Waals surface area contributed by atoms with Crippen molar-refractivity contribution in [3.05, 3.63) is 195 Å². The van der Waals surface area contributed by atoms with Gasteiger partial charge in [-0.25, -0.2) is 29.9 Å². The third-order valence-corrected chi connectivity index (χ3v) is 10.2. The average molecular weight is 953 g/mol. The molecule has 0 unspecified atom stereocenters. The predicted octanol–water partition coefficient (Wildman–Crippen LogP) is 4.24. The van der Waals surface area contributed by atoms with Gasteiger partial charge in [0.1, 0.15) is 44.6 Å². The van der Waals surface area contributed by atoms with Crippen LogP contribution >= 0.6 is 0 Å². The van der Waals surface area contributed by atoms with Crippen molar-refractivity contribution in [2.24, 2.45) is 0 Å². The molecular weight excluding hydrogens is 918 g/mol. The minimum atomic E-state index is -5.97. The molecule has 0 spiro atoms. The molecule has 0 amide bonds. The molecule has 0 saturated carbocycles. The van der Waals surface area contributed by atoms with E-state index < -0.39 is 32.5 Å². The van der Waals surface area contributed by atoms with Crippen LogP contribution in [0.5, 0.6) is 11.5 Å². The van der Waals surface area contributed by atoms with E-state index in [-0.39, 0.29) is 41.2 Å². The number of nitrogens with one attached hydrogen (secondary N) is 1. The third-order valence-electron chi connectivity index (χ3n) is 9.23. The van der Waals surface area contributed by atoms with Crippen LogP contribution in [0.4, 0.5) is 18.9 Å². The quantitative estimate of drug-likeness (QED) is 0.128. The fourth-order valence-electron chi connectivity index (χ4n) is 6.03. The van der Waals surface area contributed by atoms with Crippen molar-refractivity contribution in [1.82, 2.24) is 44.1 Å². The Morgan fingerprint density at radius 3 is 1.40 bits per heavy atom. The molecule has 24 heteroatoms. The van der Waals surface area contributed by atoms with E-state index in [1.807, 2.05) is 60.7 Å². The first-order chi connectivity index (χ1) is 32.7. The molecule has 0 atom stereocenters. The normalized spacial score (nSPS) is 11.2. The summed E-state index contributed by atoms with van der Waals surface area (Å²) in [6.45, 7) is 0.476. The summed E-state index contributed by atoms with van der Waals surface area (Å²) in [6, 6.07) is 31.0. The largest absolute Gasteiger partial charge is 0.534 e. The summed E-state index contributed by atoms with van der Waals surface area (Å²) in [5.74, 6) is -1.02. The summed E-state index contributed by atoms with van der Waals surface area (Å²) in [4.78, 5) is 76.1. The van der Waals surface area contributed by atoms with Crippen molar-refractivity contribution in [3.8, 4) is 11.5 Å². The molecule has 2 N–H and O–H groups in total. The number of hydrogen-bond donors (Lipinski definition) is 2. The molecule has 3 aromatic carbocycles. The highest BCUT2D eigenvalue weighted by molar-refractivity contribution is 7.88. The van der Waals surface area contributed by atoms with Gasteiger partial charge in [-0.05, 0) is 16.7 Å². The maximum absolute atomic E-state index is 12.6. The van der Waals surface area contributed by atoms with Gasteiger partial charge in [-0.2, -0.15) is 21.6 Å². The lowest BCUT2D eigenvalue weighted by Gasteiger charge is -2.14. The van der Waals surface area contributed by atoms with Crippen LogP contribution in [0, 0.1) is 0 Å². The molecule has 6 aromatic heterocycles. The van der Waals surface area contributed by atoms with E-state index in [4.69, 9.17) is 14.5 Å². The van der Waals surface area contributed by atoms with E-state index in [0.717, 1.165) is 44.6 Å². The van der Waals surface area contributed by atoms with E-state index in [9.17, 15) is 41.1 Å². The van der Waals surface area contributed by atoms with Crippen molar-refractivity contribution in [3.63, 3.8) is 0 Å². The van der Waals surface area contributed by atoms with Crippen LogP contribution < -0.4 is 40.7 Å². The second-order valence-electron chi connectivity index (χ2n) is 13.8. The molecule has 68 heavy (non-hydrogen) atoms. The van der Waals surface area contributed by atoms with Crippen LogP contribution in [-0.4, -0.2) is 70.2 Å². The number of pyridine rings is 3. The van der Waals surface area contributed by atoms with Crippen molar-refractivity contribution in [1.29, 1.82) is 0 Å². The fraction of sp³-hybridized carbons (Fsp3) is 0.114. The van der Waals surface area contributed by atoms with Gasteiger partial charge in [0.05, 0.1) is 27.9 Å². The number of rotatable bonds is 12. The van der Waals surface area contributed by atoms with Crippen LogP contribution in [0.25, 0.3) is 33.1 Å². The lowest BCUT2D eigenvalue weighted by atomic mass is 10.2. The minimum absolute atomic E-state index is 0.0408. The lowest BCUT2D eigenvalue weighted by molar-refractivity contribution is -0.0499. The van der Waals surface area contributed by atoms with Gasteiger partial charge in [0.2, 0.25) is 0 Å². The monoisotopic (exact) mass is 952 g/mol. The van der Waals surface area contributed by atoms with Crippen molar-refractivity contribution in [2.45, 2.75) is 25.3 Å². The van der Waals surface area contributed by atoms with Gasteiger partial charge >= 0.3 is 15.6 Å². The maximum atomic E-state index is 12.6. The number of benzene rings is 3. The second kappa shape index (κ2) is 20.9. The Kier molecular flexibility index (Phi) is 14.5. The second-order valence-corrected chi connectivity index (χ2v) is 15.3. The van der Waals surface area contributed by atoms with Crippen LogP contribution in [0.15, 0.2) is 161 Å². The highest BCUT2D eigenvalue weighted by atomic mass is 32.2. The molecule has 0 radical (unpaired) electrons. The Labute approximate surface area is 381 Å². The first kappa shape index (κ1) is 47.0. The minimum Gasteiger partial charge on any atom is -0.507 e. The Balaban J connectivity index is 0.000000153. The molecule has 0 aliphatic heterocycles. The molecule has 0 fully saturated rings. The van der Waals surface area contributed by atoms with E-state index in [2.05, 4.69) is 39.4 Å². The summed E-state index contributed by atoms with van der Waals surface area (Å²) in [6.07, 6.45) is 7.79. The van der Waals surface area contributed by atoms with Gasteiger partial charge in [0, 0.05) is 37.8 Å². The fourth-order valence-corrected chi connectivity index (χ4v) is 6.50. The number of halogens is 3. The summed E-state index contributed by atoms with van der Waals surface area (Å²) < 4.78 is 67.2. The molecule has 9 aromatic rings. The molecule has 20 nitrogen and oxygen atoms in total. The number of anilines is 1. The standard InChI is InChI=1S/C15H10F3N3O5S.C15H14N4O2.C14H11N3O3/c16-15(17,18)27(23,24)26-12-6-13(22)21(14-11(12)7-19-9-20-14)25-8-10-4-2-1-3-5-10;1-16-13-7-14(20)19(15-12(13)8-17-10-18-15)21-9-11-5-3-2-4-6-11;18-12-6-13(19)17(14-11(12)7-15-9-16-14)20-8-10-4-2-1-3-5-10/h1-7,9H,8H2;2-8,10,16H,9H2,1H3;1-7,9,18H,8H2. The van der Waals surface area contributed by atoms with Crippen LogP contribution in [0.1, 0.15) is 16.7 Å². The summed E-state index contributed by atoms with van der Waals surface area (Å²) in [7, 11) is -4.23. The molecule has 0 saturated heterocycles. The topological polar surface area (TPSA) is 247 Å². The van der Waals surface area contributed by atoms with E-state index in [1.54, 1.807) is 43.6 Å². The van der Waals surface area contributed by atoms with Gasteiger partial charge in [0.15, 0.2) is 22.7 Å². The molecular formula is C44H35F3N10O10S. The number of aromatic nitrogens is 9. The van der Waals surface area contributed by atoms with Crippen molar-refractivity contribution < 1.29 is 45.4 Å². The molecule has 348 valence electrons. The zero-order valence-corrected chi connectivity index (χ0v) is 36.0. The lowest BCUT2D eigenvalue weighted by Crippen LogP contribution is -2.31. The molecule has 0 aliphatic carbocycles. The number of nitrogens with zero attached hydrogens (tertiary/aromatic N) is 9. The zero-order chi connectivity index (χ0) is 48.3. The summed E-state index contributed by atoms with van der Waals surface area (Å²) >= 11 is 0. The Hall–Kier alpha value is -8.93. The smallest absolute Gasteiger partial charge is 0.507 e. The van der Waals surface area contributed by atoms with Crippen molar-refractivity contribution >= 4 is 48.9 Å². The third kappa shape index (κ3) is 11.1. The highest BCUT2D eigenvalue weighted by Gasteiger charge is 2.49. The van der Waals surface area contributed by atoms with Crippen LogP contribution in [-0.2, 0) is 29.9 Å². The Bertz CT molecular complexity index is 3480. The summed E-state index contributed by atoms with van der Waals surface area (Å²) in [5.41, 5.74) is -3.66. The van der Waals surface area contributed by atoms with E-state index in [1.165, 1.54) is 29.6 Å². The zero-order valence-electron chi connectivity index (χ0n) is 35.2. The Morgan fingerprint density at radius 1 is 0.574 bits per heavy atom. The van der Waals surface area contributed by atoms with Gasteiger partial charge in [-0.15, -0.1) is 14.2 Å². The van der Waals surface area contributed by atoms with Crippen molar-refractivity contribution in [2.75, 3.05) is 12.4 Å². The first-order valence-corrected chi connectivity index (χ1v) is 21.1. The van der Waals surface area contributed by atoms with Gasteiger partial charge in [0.25, 0.3) is 16.7 Å². The summed E-state index contributed by atoms with van der Waals surface area (Å²) in [5, 5.41) is 13.5. The van der Waals surface area contributed by atoms with Crippen LogP contribution in [0.3, 0.4) is 0 Å². The molecule has 6 heterocycles. The van der Waals surface area contributed by atoms with Gasteiger partial charge in [-0.3, -0.25) is 14.4 Å². The number of aromatic hydroxyl groups is 1. The van der Waals surface area contributed by atoms with E-state index >= 15 is 0 Å². The predicted molar refractivity (Wildman–Crippen MR) is 238 cm³/mol. The number of hydrogen-bond acceptors (Lipinski definition) is 17. The van der Waals surface area contributed by atoms with E-state index in [0.29, 0.717) is 35.0 Å². The number of alkyl halides is 3. The SMILES string of the molecule is CNc1cc(=O)n(OCc2ccccc2)c2ncncc12.O=c1cc(O)c2cncnc2n1OCc1ccccc1.O=c1cc(OS(=O)(=O)C(F)(F)F)c2cncnc2n1OCc1ccccc1. The Morgan fingerprint density at radius 2 is 0.956 bits per heavy atom. The van der Waals surface area contributed by atoms with Gasteiger partial charge in [-0.1, -0.05) is 91.0 Å². The van der Waals surface area contributed by atoms with Crippen LogP contribution in [0.2, 0.25) is 0 Å². The molecule has 0 bridgehead atoms. The molecule has 9 rings (SSSR count). The molecule has 0 aliphatic rings. The van der Waals surface area contributed by atoms with Gasteiger partial charge < -0.3 is 29.1 Å². The average Bonchev–Trinajstić information content (AvgIpc) is 3.34. The first-order valence-electron chi connectivity index (χ1n) is 19.7. The number of fused-ring (bicyclic) bond motifs is 3. The maximum Gasteiger partial charge on any atom is 0.534 e. The highest BCUT2D eigenvalue weighted by Crippen LogP contribution is 2.30.